The highest BCUT2D eigenvalue weighted by molar-refractivity contribution is 5.66. The van der Waals surface area contributed by atoms with Crippen molar-refractivity contribution in [3.05, 3.63) is 0 Å². The van der Waals surface area contributed by atoms with E-state index in [0.717, 1.165) is 13.0 Å². The van der Waals surface area contributed by atoms with Gasteiger partial charge in [-0.15, -0.1) is 0 Å². The fourth-order valence-electron chi connectivity index (χ4n) is 1.81. The van der Waals surface area contributed by atoms with Crippen LogP contribution < -0.4 is 0 Å². The molecule has 1 aliphatic rings. The molecule has 1 atom stereocenters. The standard InChI is InChI=1S/C10H19NO2/c1-9(8-10(12)13)4-7-11-5-2-3-6-11/h9H,2-8H2,1H3,(H,12,13). The van der Waals surface area contributed by atoms with Gasteiger partial charge in [0.1, 0.15) is 0 Å². The lowest BCUT2D eigenvalue weighted by atomic mass is 10.0. The summed E-state index contributed by atoms with van der Waals surface area (Å²) in [6.07, 6.45) is 3.96. The van der Waals surface area contributed by atoms with Crippen LogP contribution in [-0.4, -0.2) is 35.6 Å². The number of rotatable bonds is 5. The molecule has 1 fully saturated rings. The van der Waals surface area contributed by atoms with Gasteiger partial charge in [0.2, 0.25) is 0 Å². The molecule has 13 heavy (non-hydrogen) atoms. The molecule has 0 saturated carbocycles. The van der Waals surface area contributed by atoms with E-state index in [9.17, 15) is 4.79 Å². The van der Waals surface area contributed by atoms with E-state index >= 15 is 0 Å². The minimum absolute atomic E-state index is 0.313. The Morgan fingerprint density at radius 3 is 2.62 bits per heavy atom. The average Bonchev–Trinajstić information content (AvgIpc) is 2.51. The second kappa shape index (κ2) is 5.22. The summed E-state index contributed by atoms with van der Waals surface area (Å²) >= 11 is 0. The maximum absolute atomic E-state index is 10.4. The molecule has 1 aliphatic heterocycles. The van der Waals surface area contributed by atoms with Gasteiger partial charge in [-0.3, -0.25) is 4.79 Å². The molecule has 76 valence electrons. The van der Waals surface area contributed by atoms with Crippen LogP contribution in [0.15, 0.2) is 0 Å². The number of nitrogens with zero attached hydrogens (tertiary/aromatic N) is 1. The van der Waals surface area contributed by atoms with Crippen molar-refractivity contribution in [3.63, 3.8) is 0 Å². The smallest absolute Gasteiger partial charge is 0.303 e. The maximum Gasteiger partial charge on any atom is 0.303 e. The van der Waals surface area contributed by atoms with Gasteiger partial charge in [0.05, 0.1) is 0 Å². The molecule has 0 bridgehead atoms. The van der Waals surface area contributed by atoms with Crippen molar-refractivity contribution in [3.8, 4) is 0 Å². The molecule has 1 saturated heterocycles. The van der Waals surface area contributed by atoms with Gasteiger partial charge in [0.25, 0.3) is 0 Å². The Morgan fingerprint density at radius 2 is 2.08 bits per heavy atom. The number of likely N-dealkylation sites (tertiary alicyclic amines) is 1. The van der Waals surface area contributed by atoms with Crippen LogP contribution in [0.2, 0.25) is 0 Å². The van der Waals surface area contributed by atoms with Crippen LogP contribution >= 0.6 is 0 Å². The van der Waals surface area contributed by atoms with E-state index in [1.54, 1.807) is 0 Å². The van der Waals surface area contributed by atoms with Gasteiger partial charge in [-0.2, -0.15) is 0 Å². The van der Waals surface area contributed by atoms with Crippen LogP contribution in [0, 0.1) is 5.92 Å². The van der Waals surface area contributed by atoms with E-state index in [4.69, 9.17) is 5.11 Å². The quantitative estimate of drug-likeness (QED) is 0.707. The minimum atomic E-state index is -0.672. The first-order chi connectivity index (χ1) is 6.18. The zero-order valence-corrected chi connectivity index (χ0v) is 8.33. The first-order valence-electron chi connectivity index (χ1n) is 5.12. The van der Waals surface area contributed by atoms with Gasteiger partial charge in [-0.25, -0.2) is 0 Å². The summed E-state index contributed by atoms with van der Waals surface area (Å²) in [5, 5.41) is 8.56. The fraction of sp³-hybridized carbons (Fsp3) is 0.900. The summed E-state index contributed by atoms with van der Waals surface area (Å²) in [5.41, 5.74) is 0. The summed E-state index contributed by atoms with van der Waals surface area (Å²) in [5.74, 6) is -0.355. The lowest BCUT2D eigenvalue weighted by Crippen LogP contribution is -2.22. The molecule has 0 aromatic rings. The Balaban J connectivity index is 2.06. The van der Waals surface area contributed by atoms with Crippen LogP contribution in [0.3, 0.4) is 0 Å². The normalized spacial score (nSPS) is 20.4. The number of carboxylic acid groups (broad SMARTS) is 1. The second-order valence-electron chi connectivity index (χ2n) is 4.04. The van der Waals surface area contributed by atoms with Crippen molar-refractivity contribution in [2.45, 2.75) is 32.6 Å². The molecule has 0 aromatic carbocycles. The van der Waals surface area contributed by atoms with Crippen LogP contribution in [0.1, 0.15) is 32.6 Å². The van der Waals surface area contributed by atoms with Gasteiger partial charge in [-0.05, 0) is 44.8 Å². The van der Waals surface area contributed by atoms with Crippen LogP contribution in [-0.2, 0) is 4.79 Å². The van der Waals surface area contributed by atoms with E-state index in [0.29, 0.717) is 12.3 Å². The van der Waals surface area contributed by atoms with E-state index in [1.807, 2.05) is 6.92 Å². The minimum Gasteiger partial charge on any atom is -0.481 e. The Morgan fingerprint density at radius 1 is 1.46 bits per heavy atom. The highest BCUT2D eigenvalue weighted by Gasteiger charge is 2.13. The molecular weight excluding hydrogens is 166 g/mol. The average molecular weight is 185 g/mol. The van der Waals surface area contributed by atoms with E-state index in [-0.39, 0.29) is 0 Å². The Labute approximate surface area is 79.7 Å². The van der Waals surface area contributed by atoms with Crippen molar-refractivity contribution >= 4 is 5.97 Å². The number of carboxylic acids is 1. The molecule has 1 N–H and O–H groups in total. The van der Waals surface area contributed by atoms with Crippen molar-refractivity contribution in [2.75, 3.05) is 19.6 Å². The summed E-state index contributed by atoms with van der Waals surface area (Å²) in [4.78, 5) is 12.8. The van der Waals surface area contributed by atoms with Crippen LogP contribution in [0.5, 0.6) is 0 Å². The molecule has 0 radical (unpaired) electrons. The Hall–Kier alpha value is -0.570. The lowest BCUT2D eigenvalue weighted by molar-refractivity contribution is -0.138. The molecular formula is C10H19NO2. The molecule has 1 heterocycles. The topological polar surface area (TPSA) is 40.5 Å². The number of hydrogen-bond acceptors (Lipinski definition) is 2. The third kappa shape index (κ3) is 4.27. The summed E-state index contributed by atoms with van der Waals surface area (Å²) < 4.78 is 0. The molecule has 3 heteroatoms. The molecule has 1 unspecified atom stereocenters. The van der Waals surface area contributed by atoms with Gasteiger partial charge in [0.15, 0.2) is 0 Å². The van der Waals surface area contributed by atoms with E-state index in [1.165, 1.54) is 25.9 Å². The lowest BCUT2D eigenvalue weighted by Gasteiger charge is -2.16. The monoisotopic (exact) mass is 185 g/mol. The van der Waals surface area contributed by atoms with Crippen molar-refractivity contribution in [1.29, 1.82) is 0 Å². The van der Waals surface area contributed by atoms with Gasteiger partial charge in [0, 0.05) is 6.42 Å². The van der Waals surface area contributed by atoms with Crippen molar-refractivity contribution in [2.24, 2.45) is 5.92 Å². The third-order valence-corrected chi connectivity index (χ3v) is 2.66. The molecule has 0 aromatic heterocycles. The molecule has 0 spiro atoms. The van der Waals surface area contributed by atoms with Crippen molar-refractivity contribution < 1.29 is 9.90 Å². The first kappa shape index (κ1) is 10.5. The fourth-order valence-corrected chi connectivity index (χ4v) is 1.81. The van der Waals surface area contributed by atoms with E-state index < -0.39 is 5.97 Å². The largest absolute Gasteiger partial charge is 0.481 e. The first-order valence-corrected chi connectivity index (χ1v) is 5.12. The number of hydrogen-bond donors (Lipinski definition) is 1. The van der Waals surface area contributed by atoms with E-state index in [2.05, 4.69) is 4.90 Å². The second-order valence-corrected chi connectivity index (χ2v) is 4.04. The van der Waals surface area contributed by atoms with Crippen molar-refractivity contribution in [1.82, 2.24) is 4.90 Å². The predicted octanol–water partition coefficient (Wildman–Crippen LogP) is 1.58. The summed E-state index contributed by atoms with van der Waals surface area (Å²) in [6, 6.07) is 0. The Kier molecular flexibility index (Phi) is 4.22. The molecule has 0 amide bonds. The number of carbonyl (C=O) groups is 1. The third-order valence-electron chi connectivity index (χ3n) is 2.66. The highest BCUT2D eigenvalue weighted by atomic mass is 16.4. The van der Waals surface area contributed by atoms with Gasteiger partial charge in [-0.1, -0.05) is 6.92 Å². The molecule has 0 aliphatic carbocycles. The zero-order chi connectivity index (χ0) is 9.68. The number of aliphatic carboxylic acids is 1. The zero-order valence-electron chi connectivity index (χ0n) is 8.33. The summed E-state index contributed by atoms with van der Waals surface area (Å²) in [6.45, 7) is 5.51. The Bertz CT molecular complexity index is 164. The highest BCUT2D eigenvalue weighted by Crippen LogP contribution is 2.12. The van der Waals surface area contributed by atoms with Crippen LogP contribution in [0.4, 0.5) is 0 Å². The molecule has 3 nitrogen and oxygen atoms in total. The SMILES string of the molecule is CC(CCN1CCCC1)CC(=O)O. The summed E-state index contributed by atoms with van der Waals surface area (Å²) in [7, 11) is 0. The predicted molar refractivity (Wildman–Crippen MR) is 51.7 cm³/mol. The molecule has 1 rings (SSSR count). The van der Waals surface area contributed by atoms with Crippen LogP contribution in [0.25, 0.3) is 0 Å². The van der Waals surface area contributed by atoms with Gasteiger partial charge >= 0.3 is 5.97 Å². The van der Waals surface area contributed by atoms with Gasteiger partial charge < -0.3 is 10.0 Å². The maximum atomic E-state index is 10.4.